The molecule has 0 saturated heterocycles. The van der Waals surface area contributed by atoms with Gasteiger partial charge in [-0.15, -0.1) is 0 Å². The highest BCUT2D eigenvalue weighted by molar-refractivity contribution is 5.63. The van der Waals surface area contributed by atoms with E-state index in [0.29, 0.717) is 0 Å². The SMILES string of the molecule is CC(C)c1ccc(-c2c(F)cc(N)cc2F)nn1. The molecule has 3 nitrogen and oxygen atoms in total. The highest BCUT2D eigenvalue weighted by atomic mass is 19.1. The average molecular weight is 249 g/mol. The maximum absolute atomic E-state index is 13.7. The number of rotatable bonds is 2. The van der Waals surface area contributed by atoms with E-state index in [4.69, 9.17) is 5.73 Å². The fourth-order valence-electron chi connectivity index (χ4n) is 1.62. The molecule has 0 aliphatic heterocycles. The predicted molar refractivity (Wildman–Crippen MR) is 65.9 cm³/mol. The zero-order valence-corrected chi connectivity index (χ0v) is 10.1. The molecule has 2 aromatic rings. The maximum atomic E-state index is 13.7. The van der Waals surface area contributed by atoms with Gasteiger partial charge in [-0.2, -0.15) is 10.2 Å². The van der Waals surface area contributed by atoms with Crippen molar-refractivity contribution >= 4 is 5.69 Å². The molecule has 0 spiro atoms. The van der Waals surface area contributed by atoms with Crippen LogP contribution in [0.15, 0.2) is 24.3 Å². The molecule has 0 fully saturated rings. The summed E-state index contributed by atoms with van der Waals surface area (Å²) in [5.74, 6) is -1.26. The summed E-state index contributed by atoms with van der Waals surface area (Å²) in [6, 6.07) is 5.40. The third-order valence-electron chi connectivity index (χ3n) is 2.60. The van der Waals surface area contributed by atoms with E-state index in [1.165, 1.54) is 0 Å². The van der Waals surface area contributed by atoms with Crippen LogP contribution in [0, 0.1) is 11.6 Å². The first-order valence-corrected chi connectivity index (χ1v) is 5.57. The Morgan fingerprint density at radius 2 is 1.67 bits per heavy atom. The number of aromatic nitrogens is 2. The van der Waals surface area contributed by atoms with Crippen LogP contribution < -0.4 is 5.73 Å². The van der Waals surface area contributed by atoms with Crippen molar-refractivity contribution in [3.63, 3.8) is 0 Å². The second-order valence-corrected chi connectivity index (χ2v) is 4.36. The molecule has 5 heteroatoms. The Labute approximate surface area is 104 Å². The first-order valence-electron chi connectivity index (χ1n) is 5.57. The third-order valence-corrected chi connectivity index (χ3v) is 2.60. The van der Waals surface area contributed by atoms with Gasteiger partial charge in [0.2, 0.25) is 0 Å². The number of anilines is 1. The number of nitrogens with two attached hydrogens (primary N) is 1. The van der Waals surface area contributed by atoms with Gasteiger partial charge < -0.3 is 5.73 Å². The van der Waals surface area contributed by atoms with Crippen LogP contribution in [-0.2, 0) is 0 Å². The van der Waals surface area contributed by atoms with E-state index < -0.39 is 11.6 Å². The van der Waals surface area contributed by atoms with E-state index in [-0.39, 0.29) is 22.9 Å². The number of halogens is 2. The first kappa shape index (κ1) is 12.4. The topological polar surface area (TPSA) is 51.8 Å². The summed E-state index contributed by atoms with van der Waals surface area (Å²) in [7, 11) is 0. The number of hydrogen-bond donors (Lipinski definition) is 1. The van der Waals surface area contributed by atoms with Crippen molar-refractivity contribution in [3.8, 4) is 11.3 Å². The Morgan fingerprint density at radius 1 is 1.06 bits per heavy atom. The molecular formula is C13H13F2N3. The molecule has 1 heterocycles. The van der Waals surface area contributed by atoms with Crippen LogP contribution >= 0.6 is 0 Å². The van der Waals surface area contributed by atoms with Crippen molar-refractivity contribution in [2.45, 2.75) is 19.8 Å². The second-order valence-electron chi connectivity index (χ2n) is 4.36. The van der Waals surface area contributed by atoms with Crippen molar-refractivity contribution in [1.29, 1.82) is 0 Å². The molecule has 0 unspecified atom stereocenters. The van der Waals surface area contributed by atoms with E-state index in [2.05, 4.69) is 10.2 Å². The van der Waals surface area contributed by atoms with Crippen molar-refractivity contribution < 1.29 is 8.78 Å². The van der Waals surface area contributed by atoms with E-state index >= 15 is 0 Å². The summed E-state index contributed by atoms with van der Waals surface area (Å²) in [6.07, 6.45) is 0. The standard InChI is InChI=1S/C13H13F2N3/c1-7(2)11-3-4-12(18-17-11)13-9(14)5-8(16)6-10(13)15/h3-7H,16H2,1-2H3. The Bertz CT molecular complexity index is 542. The monoisotopic (exact) mass is 249 g/mol. The van der Waals surface area contributed by atoms with Gasteiger partial charge >= 0.3 is 0 Å². The summed E-state index contributed by atoms with van der Waals surface area (Å²) in [4.78, 5) is 0. The molecule has 1 aromatic carbocycles. The Hall–Kier alpha value is -2.04. The Morgan fingerprint density at radius 3 is 2.11 bits per heavy atom. The van der Waals surface area contributed by atoms with Crippen LogP contribution in [0.4, 0.5) is 14.5 Å². The van der Waals surface area contributed by atoms with E-state index in [0.717, 1.165) is 17.8 Å². The summed E-state index contributed by atoms with van der Waals surface area (Å²) < 4.78 is 27.3. The number of hydrogen-bond acceptors (Lipinski definition) is 3. The summed E-state index contributed by atoms with van der Waals surface area (Å²) in [5, 5.41) is 7.80. The lowest BCUT2D eigenvalue weighted by Gasteiger charge is -2.07. The van der Waals surface area contributed by atoms with Gasteiger partial charge in [0.15, 0.2) is 0 Å². The summed E-state index contributed by atoms with van der Waals surface area (Å²) in [6.45, 7) is 3.93. The van der Waals surface area contributed by atoms with Crippen LogP contribution in [0.25, 0.3) is 11.3 Å². The van der Waals surface area contributed by atoms with Crippen LogP contribution in [-0.4, -0.2) is 10.2 Å². The summed E-state index contributed by atoms with van der Waals surface area (Å²) >= 11 is 0. The van der Waals surface area contributed by atoms with E-state index in [1.807, 2.05) is 13.8 Å². The molecule has 0 atom stereocenters. The smallest absolute Gasteiger partial charge is 0.137 e. The van der Waals surface area contributed by atoms with Crippen LogP contribution in [0.2, 0.25) is 0 Å². The van der Waals surface area contributed by atoms with E-state index in [1.54, 1.807) is 12.1 Å². The van der Waals surface area contributed by atoms with E-state index in [9.17, 15) is 8.78 Å². The third kappa shape index (κ3) is 2.30. The summed E-state index contributed by atoms with van der Waals surface area (Å²) in [5.41, 5.74) is 6.13. The largest absolute Gasteiger partial charge is 0.399 e. The molecule has 2 rings (SSSR count). The Kier molecular flexibility index (Phi) is 3.23. The highest BCUT2D eigenvalue weighted by Gasteiger charge is 2.14. The van der Waals surface area contributed by atoms with Crippen molar-refractivity contribution in [3.05, 3.63) is 41.6 Å². The van der Waals surface area contributed by atoms with Gasteiger partial charge in [-0.3, -0.25) is 0 Å². The zero-order valence-electron chi connectivity index (χ0n) is 10.1. The van der Waals surface area contributed by atoms with Crippen LogP contribution in [0.3, 0.4) is 0 Å². The Balaban J connectivity index is 2.49. The van der Waals surface area contributed by atoms with Gasteiger partial charge in [0.05, 0.1) is 17.0 Å². The molecule has 1 aromatic heterocycles. The minimum Gasteiger partial charge on any atom is -0.399 e. The zero-order chi connectivity index (χ0) is 13.3. The second kappa shape index (κ2) is 4.68. The normalized spacial score (nSPS) is 10.9. The molecule has 94 valence electrons. The highest BCUT2D eigenvalue weighted by Crippen LogP contribution is 2.26. The van der Waals surface area contributed by atoms with Crippen molar-refractivity contribution in [1.82, 2.24) is 10.2 Å². The van der Waals surface area contributed by atoms with Gasteiger partial charge in [0.1, 0.15) is 11.6 Å². The van der Waals surface area contributed by atoms with Gasteiger partial charge in [-0.05, 0) is 30.2 Å². The van der Waals surface area contributed by atoms with Crippen LogP contribution in [0.5, 0.6) is 0 Å². The van der Waals surface area contributed by atoms with Gasteiger partial charge in [0.25, 0.3) is 0 Å². The molecule has 0 amide bonds. The lowest BCUT2D eigenvalue weighted by atomic mass is 10.1. The minimum atomic E-state index is -0.737. The lowest BCUT2D eigenvalue weighted by molar-refractivity contribution is 0.589. The predicted octanol–water partition coefficient (Wildman–Crippen LogP) is 3.13. The molecule has 0 radical (unpaired) electrons. The van der Waals surface area contributed by atoms with Crippen LogP contribution in [0.1, 0.15) is 25.5 Å². The lowest BCUT2D eigenvalue weighted by Crippen LogP contribution is -2.00. The number of benzene rings is 1. The maximum Gasteiger partial charge on any atom is 0.137 e. The van der Waals surface area contributed by atoms with Gasteiger partial charge in [-0.1, -0.05) is 13.8 Å². The first-order chi connectivity index (χ1) is 8.49. The number of nitrogen functional groups attached to an aromatic ring is 1. The van der Waals surface area contributed by atoms with Crippen molar-refractivity contribution in [2.24, 2.45) is 0 Å². The minimum absolute atomic E-state index is 0.0421. The average Bonchev–Trinajstić information content (AvgIpc) is 2.28. The fourth-order valence-corrected chi connectivity index (χ4v) is 1.62. The molecule has 0 bridgehead atoms. The number of nitrogens with zero attached hydrogens (tertiary/aromatic N) is 2. The molecule has 0 aliphatic rings. The molecule has 0 saturated carbocycles. The molecule has 0 aliphatic carbocycles. The quantitative estimate of drug-likeness (QED) is 0.832. The molecule has 2 N–H and O–H groups in total. The van der Waals surface area contributed by atoms with Crippen molar-refractivity contribution in [2.75, 3.05) is 5.73 Å². The van der Waals surface area contributed by atoms with Gasteiger partial charge in [-0.25, -0.2) is 8.78 Å². The molecular weight excluding hydrogens is 236 g/mol. The fraction of sp³-hybridized carbons (Fsp3) is 0.231. The van der Waals surface area contributed by atoms with Gasteiger partial charge in [0, 0.05) is 5.69 Å². The molecule has 18 heavy (non-hydrogen) atoms.